The Kier molecular flexibility index (Phi) is 4.69. The number of alkyl halides is 3. The number of allylic oxidation sites excluding steroid dienone is 1. The summed E-state index contributed by atoms with van der Waals surface area (Å²) in [5, 5.41) is 2.33. The molecule has 104 valence electrons. The zero-order chi connectivity index (χ0) is 14.6. The molecule has 1 rings (SSSR count). The molecule has 1 aromatic rings. The molecule has 2 nitrogen and oxygen atoms in total. The third-order valence-corrected chi connectivity index (χ3v) is 2.32. The third kappa shape index (κ3) is 4.08. The fraction of sp³-hybridized carbons (Fsp3) is 0.308. The van der Waals surface area contributed by atoms with Crippen molar-refractivity contribution in [1.29, 1.82) is 0 Å². The maximum atomic E-state index is 13.6. The number of halogens is 4. The van der Waals surface area contributed by atoms with E-state index in [4.69, 9.17) is 0 Å². The van der Waals surface area contributed by atoms with Crippen LogP contribution in [0.3, 0.4) is 0 Å². The van der Waals surface area contributed by atoms with Crippen molar-refractivity contribution < 1.29 is 22.4 Å². The second kappa shape index (κ2) is 5.86. The SMILES string of the molecule is CC(C)=CCNC(=O)c1cccc(C(F)(F)F)c1F. The van der Waals surface area contributed by atoms with Crippen molar-refractivity contribution in [2.24, 2.45) is 0 Å². The van der Waals surface area contributed by atoms with E-state index in [9.17, 15) is 22.4 Å². The molecule has 0 aliphatic carbocycles. The molecule has 0 aliphatic heterocycles. The van der Waals surface area contributed by atoms with Gasteiger partial charge < -0.3 is 5.32 Å². The Morgan fingerprint density at radius 2 is 1.95 bits per heavy atom. The molecule has 1 N–H and O–H groups in total. The van der Waals surface area contributed by atoms with Gasteiger partial charge in [-0.25, -0.2) is 4.39 Å². The quantitative estimate of drug-likeness (QED) is 0.663. The van der Waals surface area contributed by atoms with Gasteiger partial charge in [0.2, 0.25) is 0 Å². The molecule has 0 unspecified atom stereocenters. The highest BCUT2D eigenvalue weighted by molar-refractivity contribution is 5.94. The van der Waals surface area contributed by atoms with Crippen molar-refractivity contribution in [3.8, 4) is 0 Å². The molecule has 0 radical (unpaired) electrons. The van der Waals surface area contributed by atoms with Crippen LogP contribution in [0.1, 0.15) is 29.8 Å². The van der Waals surface area contributed by atoms with Crippen molar-refractivity contribution in [2.75, 3.05) is 6.54 Å². The lowest BCUT2D eigenvalue weighted by molar-refractivity contribution is -0.140. The first-order chi connectivity index (χ1) is 8.73. The number of carbonyl (C=O) groups excluding carboxylic acids is 1. The second-order valence-corrected chi connectivity index (χ2v) is 4.16. The van der Waals surface area contributed by atoms with Crippen LogP contribution < -0.4 is 5.32 Å². The van der Waals surface area contributed by atoms with E-state index >= 15 is 0 Å². The number of benzene rings is 1. The molecule has 0 aromatic heterocycles. The summed E-state index contributed by atoms with van der Waals surface area (Å²) in [4.78, 5) is 11.6. The van der Waals surface area contributed by atoms with Gasteiger partial charge in [0.05, 0.1) is 11.1 Å². The van der Waals surface area contributed by atoms with Crippen LogP contribution in [0, 0.1) is 5.82 Å². The summed E-state index contributed by atoms with van der Waals surface area (Å²) in [7, 11) is 0. The highest BCUT2D eigenvalue weighted by atomic mass is 19.4. The van der Waals surface area contributed by atoms with Crippen LogP contribution in [0.15, 0.2) is 29.8 Å². The third-order valence-electron chi connectivity index (χ3n) is 2.32. The van der Waals surface area contributed by atoms with E-state index in [0.29, 0.717) is 6.07 Å². The molecular weight excluding hydrogens is 262 g/mol. The Labute approximate surface area is 108 Å². The topological polar surface area (TPSA) is 29.1 Å². The molecule has 0 saturated carbocycles. The average Bonchev–Trinajstić information content (AvgIpc) is 2.26. The Balaban J connectivity index is 2.96. The Bertz CT molecular complexity index is 502. The predicted molar refractivity (Wildman–Crippen MR) is 63.2 cm³/mol. The van der Waals surface area contributed by atoms with Gasteiger partial charge in [-0.2, -0.15) is 13.2 Å². The fourth-order valence-electron chi connectivity index (χ4n) is 1.37. The summed E-state index contributed by atoms with van der Waals surface area (Å²) in [6, 6.07) is 2.62. The highest BCUT2D eigenvalue weighted by Gasteiger charge is 2.35. The number of rotatable bonds is 3. The van der Waals surface area contributed by atoms with E-state index in [-0.39, 0.29) is 6.54 Å². The lowest BCUT2D eigenvalue weighted by Gasteiger charge is -2.10. The van der Waals surface area contributed by atoms with Crippen molar-refractivity contribution in [3.63, 3.8) is 0 Å². The average molecular weight is 275 g/mol. The summed E-state index contributed by atoms with van der Waals surface area (Å²) >= 11 is 0. The van der Waals surface area contributed by atoms with Gasteiger partial charge in [-0.15, -0.1) is 0 Å². The van der Waals surface area contributed by atoms with Gasteiger partial charge in [0, 0.05) is 6.54 Å². The summed E-state index contributed by atoms with van der Waals surface area (Å²) in [5.74, 6) is -2.43. The van der Waals surface area contributed by atoms with Crippen LogP contribution in [0.4, 0.5) is 17.6 Å². The summed E-state index contributed by atoms with van der Waals surface area (Å²) in [5.41, 5.74) is -1.12. The molecule has 1 aromatic carbocycles. The van der Waals surface area contributed by atoms with Crippen LogP contribution in [-0.2, 0) is 6.18 Å². The van der Waals surface area contributed by atoms with E-state index in [2.05, 4.69) is 5.32 Å². The summed E-state index contributed by atoms with van der Waals surface area (Å²) in [6.07, 6.45) is -3.15. The van der Waals surface area contributed by atoms with E-state index in [1.807, 2.05) is 0 Å². The highest BCUT2D eigenvalue weighted by Crippen LogP contribution is 2.32. The molecule has 0 fully saturated rings. The van der Waals surface area contributed by atoms with E-state index < -0.39 is 29.0 Å². The number of hydrogen-bond donors (Lipinski definition) is 1. The monoisotopic (exact) mass is 275 g/mol. The van der Waals surface area contributed by atoms with E-state index in [0.717, 1.165) is 17.7 Å². The largest absolute Gasteiger partial charge is 0.419 e. The normalized spacial score (nSPS) is 11.1. The van der Waals surface area contributed by atoms with Crippen LogP contribution in [-0.4, -0.2) is 12.5 Å². The molecule has 0 aliphatic rings. The van der Waals surface area contributed by atoms with Crippen molar-refractivity contribution in [3.05, 3.63) is 46.8 Å². The second-order valence-electron chi connectivity index (χ2n) is 4.16. The minimum absolute atomic E-state index is 0.136. The minimum Gasteiger partial charge on any atom is -0.348 e. The molecule has 0 bridgehead atoms. The molecule has 0 atom stereocenters. The summed E-state index contributed by atoms with van der Waals surface area (Å²) < 4.78 is 51.0. The zero-order valence-electron chi connectivity index (χ0n) is 10.4. The van der Waals surface area contributed by atoms with Crippen molar-refractivity contribution >= 4 is 5.91 Å². The molecule has 0 spiro atoms. The number of amides is 1. The standard InChI is InChI=1S/C13H13F4NO/c1-8(2)6-7-18-12(19)9-4-3-5-10(11(9)14)13(15,16)17/h3-6H,7H2,1-2H3,(H,18,19). The smallest absolute Gasteiger partial charge is 0.348 e. The Hall–Kier alpha value is -1.85. The minimum atomic E-state index is -4.82. The lowest BCUT2D eigenvalue weighted by atomic mass is 10.1. The molecule has 19 heavy (non-hydrogen) atoms. The van der Waals surface area contributed by atoms with Gasteiger partial charge in [-0.3, -0.25) is 4.79 Å². The van der Waals surface area contributed by atoms with Gasteiger partial charge in [-0.05, 0) is 26.0 Å². The number of carbonyl (C=O) groups is 1. The van der Waals surface area contributed by atoms with Crippen LogP contribution >= 0.6 is 0 Å². The number of nitrogens with one attached hydrogen (secondary N) is 1. The van der Waals surface area contributed by atoms with Gasteiger partial charge in [0.15, 0.2) is 0 Å². The molecular formula is C13H13F4NO. The zero-order valence-corrected chi connectivity index (χ0v) is 10.4. The predicted octanol–water partition coefficient (Wildman–Crippen LogP) is 3.54. The van der Waals surface area contributed by atoms with Crippen LogP contribution in [0.25, 0.3) is 0 Å². The van der Waals surface area contributed by atoms with Crippen molar-refractivity contribution in [1.82, 2.24) is 5.32 Å². The molecule has 1 amide bonds. The maximum Gasteiger partial charge on any atom is 0.419 e. The summed E-state index contributed by atoms with van der Waals surface area (Å²) in [6.45, 7) is 3.74. The van der Waals surface area contributed by atoms with Crippen LogP contribution in [0.2, 0.25) is 0 Å². The molecule has 6 heteroatoms. The van der Waals surface area contributed by atoms with Gasteiger partial charge in [0.25, 0.3) is 5.91 Å². The van der Waals surface area contributed by atoms with Gasteiger partial charge >= 0.3 is 6.18 Å². The van der Waals surface area contributed by atoms with Crippen LogP contribution in [0.5, 0.6) is 0 Å². The van der Waals surface area contributed by atoms with Gasteiger partial charge in [0.1, 0.15) is 5.82 Å². The van der Waals surface area contributed by atoms with Gasteiger partial charge in [-0.1, -0.05) is 17.7 Å². The van der Waals surface area contributed by atoms with E-state index in [1.54, 1.807) is 19.9 Å². The first-order valence-corrected chi connectivity index (χ1v) is 5.50. The Morgan fingerprint density at radius 3 is 2.47 bits per heavy atom. The maximum absolute atomic E-state index is 13.6. The number of hydrogen-bond acceptors (Lipinski definition) is 1. The fourth-order valence-corrected chi connectivity index (χ4v) is 1.37. The molecule has 0 saturated heterocycles. The molecule has 0 heterocycles. The Morgan fingerprint density at radius 1 is 1.32 bits per heavy atom. The first kappa shape index (κ1) is 15.2. The van der Waals surface area contributed by atoms with Crippen molar-refractivity contribution in [2.45, 2.75) is 20.0 Å². The lowest BCUT2D eigenvalue weighted by Crippen LogP contribution is -2.25. The van der Waals surface area contributed by atoms with E-state index in [1.165, 1.54) is 0 Å². The first-order valence-electron chi connectivity index (χ1n) is 5.50.